The minimum Gasteiger partial charge on any atom is -0.496 e. The first kappa shape index (κ1) is 35.0. The van der Waals surface area contributed by atoms with Crippen molar-refractivity contribution in [1.82, 2.24) is 10.6 Å². The number of benzene rings is 4. The molecule has 10 heteroatoms. The lowest BCUT2D eigenvalue weighted by Gasteiger charge is -2.26. The van der Waals surface area contributed by atoms with E-state index in [0.717, 1.165) is 11.1 Å². The van der Waals surface area contributed by atoms with E-state index in [4.69, 9.17) is 14.0 Å². The van der Waals surface area contributed by atoms with Gasteiger partial charge in [-0.3, -0.25) is 14.2 Å². The lowest BCUT2D eigenvalue weighted by Crippen LogP contribution is -2.53. The van der Waals surface area contributed by atoms with Gasteiger partial charge in [-0.25, -0.2) is 4.79 Å². The molecular formula is C37H41N2O7P. The van der Waals surface area contributed by atoms with E-state index >= 15 is 0 Å². The van der Waals surface area contributed by atoms with Crippen LogP contribution >= 0.6 is 7.37 Å². The van der Waals surface area contributed by atoms with Gasteiger partial charge in [-0.15, -0.1) is 0 Å². The Hall–Kier alpha value is -4.88. The first-order valence-electron chi connectivity index (χ1n) is 15.5. The van der Waals surface area contributed by atoms with E-state index in [-0.39, 0.29) is 24.3 Å². The summed E-state index contributed by atoms with van der Waals surface area (Å²) >= 11 is 0. The molecule has 2 unspecified atom stereocenters. The number of para-hydroxylation sites is 2. The Kier molecular flexibility index (Phi) is 12.8. The second-order valence-electron chi connectivity index (χ2n) is 11.5. The second kappa shape index (κ2) is 17.2. The zero-order valence-corrected chi connectivity index (χ0v) is 27.7. The number of ether oxygens (including phenoxy) is 2. The van der Waals surface area contributed by atoms with Gasteiger partial charge >= 0.3 is 6.09 Å². The van der Waals surface area contributed by atoms with E-state index in [1.54, 1.807) is 54.6 Å². The topological polar surface area (TPSA) is 120 Å². The van der Waals surface area contributed by atoms with Crippen molar-refractivity contribution in [3.05, 3.63) is 126 Å². The summed E-state index contributed by atoms with van der Waals surface area (Å²) in [6.07, 6.45) is -0.829. The molecule has 0 aliphatic carbocycles. The molecule has 4 aromatic rings. The third-order valence-corrected chi connectivity index (χ3v) is 9.67. The van der Waals surface area contributed by atoms with Crippen molar-refractivity contribution in [3.8, 4) is 11.5 Å². The van der Waals surface area contributed by atoms with Gasteiger partial charge in [0.15, 0.2) is 5.78 Å². The van der Waals surface area contributed by atoms with E-state index in [0.29, 0.717) is 17.9 Å². The highest BCUT2D eigenvalue weighted by Crippen LogP contribution is 2.48. The van der Waals surface area contributed by atoms with Crippen molar-refractivity contribution in [3.63, 3.8) is 0 Å². The van der Waals surface area contributed by atoms with Crippen molar-refractivity contribution in [2.75, 3.05) is 13.3 Å². The maximum atomic E-state index is 14.7. The maximum absolute atomic E-state index is 14.7. The summed E-state index contributed by atoms with van der Waals surface area (Å²) in [4.78, 5) is 40.7. The molecule has 0 radical (unpaired) electrons. The van der Waals surface area contributed by atoms with Crippen LogP contribution in [0, 0.1) is 5.92 Å². The zero-order valence-electron chi connectivity index (χ0n) is 26.8. The number of Topliss-reactive ketones (excluding diaryl/α,β-unsaturated/α-hetero) is 1. The lowest BCUT2D eigenvalue weighted by molar-refractivity contribution is -0.128. The van der Waals surface area contributed by atoms with Crippen LogP contribution in [0.4, 0.5) is 4.79 Å². The van der Waals surface area contributed by atoms with E-state index < -0.39 is 43.4 Å². The average Bonchev–Trinajstić information content (AvgIpc) is 3.07. The molecule has 0 spiro atoms. The van der Waals surface area contributed by atoms with Crippen LogP contribution in [0.25, 0.3) is 0 Å². The smallest absolute Gasteiger partial charge is 0.408 e. The molecule has 9 nitrogen and oxygen atoms in total. The van der Waals surface area contributed by atoms with Gasteiger partial charge in [-0.2, -0.15) is 0 Å². The van der Waals surface area contributed by atoms with Gasteiger partial charge < -0.3 is 24.6 Å². The van der Waals surface area contributed by atoms with Gasteiger partial charge in [-0.05, 0) is 54.2 Å². The molecule has 0 saturated carbocycles. The van der Waals surface area contributed by atoms with Gasteiger partial charge in [0.05, 0.1) is 18.5 Å². The van der Waals surface area contributed by atoms with Crippen LogP contribution in [0.3, 0.4) is 0 Å². The van der Waals surface area contributed by atoms with Crippen LogP contribution in [0.5, 0.6) is 11.5 Å². The van der Waals surface area contributed by atoms with Gasteiger partial charge in [0.2, 0.25) is 5.91 Å². The molecular weight excluding hydrogens is 615 g/mol. The summed E-state index contributed by atoms with van der Waals surface area (Å²) in [5, 5.41) is 5.77. The van der Waals surface area contributed by atoms with Crippen LogP contribution in [0.1, 0.15) is 31.4 Å². The lowest BCUT2D eigenvalue weighted by atomic mass is 10.00. The molecule has 0 fully saturated rings. The third-order valence-electron chi connectivity index (χ3n) is 7.33. The van der Waals surface area contributed by atoms with Gasteiger partial charge in [0, 0.05) is 0 Å². The normalized spacial score (nSPS) is 13.4. The molecule has 0 heterocycles. The fraction of sp³-hybridized carbons (Fsp3) is 0.270. The summed E-state index contributed by atoms with van der Waals surface area (Å²) in [5.74, 6) is -0.372. The maximum Gasteiger partial charge on any atom is 0.408 e. The number of carbonyl (C=O) groups excluding carboxylic acids is 3. The van der Waals surface area contributed by atoms with Crippen molar-refractivity contribution < 1.29 is 32.9 Å². The minimum absolute atomic E-state index is 0.0356. The van der Waals surface area contributed by atoms with Crippen LogP contribution in [-0.2, 0) is 31.9 Å². The Morgan fingerprint density at radius 3 is 1.91 bits per heavy atom. The molecule has 2 N–H and O–H groups in total. The van der Waals surface area contributed by atoms with Crippen LogP contribution < -0.4 is 25.2 Å². The highest BCUT2D eigenvalue weighted by atomic mass is 31.2. The monoisotopic (exact) mass is 656 g/mol. The number of methoxy groups -OCH3 is 1. The number of carbonyl (C=O) groups is 3. The van der Waals surface area contributed by atoms with E-state index in [1.807, 2.05) is 74.5 Å². The summed E-state index contributed by atoms with van der Waals surface area (Å²) in [6, 6.07) is 31.7. The number of hydrogen-bond donors (Lipinski definition) is 2. The molecule has 0 aliphatic heterocycles. The van der Waals surface area contributed by atoms with Gasteiger partial charge in [0.1, 0.15) is 30.3 Å². The van der Waals surface area contributed by atoms with Crippen molar-refractivity contribution in [2.24, 2.45) is 5.92 Å². The molecule has 2 amide bonds. The second-order valence-corrected chi connectivity index (χ2v) is 13.8. The molecule has 0 saturated heterocycles. The summed E-state index contributed by atoms with van der Waals surface area (Å²) in [5.41, 5.74) is 1.59. The molecule has 4 rings (SSSR count). The third kappa shape index (κ3) is 10.6. The van der Waals surface area contributed by atoms with Crippen molar-refractivity contribution in [2.45, 2.75) is 45.4 Å². The Morgan fingerprint density at radius 1 is 0.723 bits per heavy atom. The highest BCUT2D eigenvalue weighted by molar-refractivity contribution is 7.68. The molecule has 0 aromatic heterocycles. The van der Waals surface area contributed by atoms with Crippen LogP contribution in [-0.4, -0.2) is 43.1 Å². The fourth-order valence-electron chi connectivity index (χ4n) is 5.02. The number of alkyl carbamates (subject to hydrolysis) is 1. The van der Waals surface area contributed by atoms with E-state index in [2.05, 4.69) is 10.6 Å². The number of amides is 2. The van der Waals surface area contributed by atoms with Gasteiger partial charge in [0.25, 0.3) is 7.37 Å². The van der Waals surface area contributed by atoms with E-state index in [9.17, 15) is 18.9 Å². The molecule has 4 aromatic carbocycles. The predicted octanol–water partition coefficient (Wildman–Crippen LogP) is 6.32. The Morgan fingerprint density at radius 2 is 1.30 bits per heavy atom. The Labute approximate surface area is 276 Å². The van der Waals surface area contributed by atoms with Crippen LogP contribution in [0.15, 0.2) is 115 Å². The predicted molar refractivity (Wildman–Crippen MR) is 182 cm³/mol. The molecule has 47 heavy (non-hydrogen) atoms. The number of ketones is 1. The highest BCUT2D eigenvalue weighted by Gasteiger charge is 2.37. The largest absolute Gasteiger partial charge is 0.496 e. The molecule has 246 valence electrons. The average molecular weight is 657 g/mol. The fourth-order valence-corrected chi connectivity index (χ4v) is 7.26. The minimum atomic E-state index is -3.93. The summed E-state index contributed by atoms with van der Waals surface area (Å²) in [7, 11) is -2.47. The van der Waals surface area contributed by atoms with Gasteiger partial charge in [-0.1, -0.05) is 105 Å². The number of hydrogen-bond acceptors (Lipinski definition) is 7. The molecule has 0 aliphatic rings. The first-order chi connectivity index (χ1) is 22.7. The Bertz CT molecular complexity index is 1650. The number of rotatable bonds is 16. The quantitative estimate of drug-likeness (QED) is 0.136. The molecule has 3 atom stereocenters. The van der Waals surface area contributed by atoms with Crippen LogP contribution in [0.2, 0.25) is 0 Å². The van der Waals surface area contributed by atoms with E-state index in [1.165, 1.54) is 7.11 Å². The first-order valence-corrected chi connectivity index (χ1v) is 17.3. The van der Waals surface area contributed by atoms with Crippen molar-refractivity contribution in [1.29, 1.82) is 0 Å². The zero-order chi connectivity index (χ0) is 33.6. The summed E-state index contributed by atoms with van der Waals surface area (Å²) in [6.45, 7) is 3.89. The standard InChI is InChI=1S/C37H41N2O7P/c1-27(2)23-32(39-37(42)45-25-29-17-9-5-10-18-29)36(41)38-31(24-28-15-7-4-8-16-28)33(40)26-47(43,46-30-19-11-6-12-20-30)35-22-14-13-21-34(35)44-3/h4-22,27,31-32H,23-26H2,1-3H3,(H,38,41)(H,39,42)/t31?,32-,47?/m0/s1. The summed E-state index contributed by atoms with van der Waals surface area (Å²) < 4.78 is 31.7. The van der Waals surface area contributed by atoms with Crippen molar-refractivity contribution >= 4 is 30.5 Å². The Balaban J connectivity index is 1.59. The SMILES string of the molecule is COc1ccccc1P(=O)(CC(=O)C(Cc1ccccc1)NC(=O)[C@H](CC(C)C)NC(=O)OCc1ccccc1)Oc1ccccc1. The number of nitrogens with one attached hydrogen (secondary N) is 2. The molecule has 0 bridgehead atoms.